The van der Waals surface area contributed by atoms with Crippen molar-refractivity contribution in [3.05, 3.63) is 47.6 Å². The quantitative estimate of drug-likeness (QED) is 0.810. The maximum absolute atomic E-state index is 5.21. The molecule has 0 aliphatic heterocycles. The van der Waals surface area contributed by atoms with E-state index < -0.39 is 0 Å². The van der Waals surface area contributed by atoms with Crippen molar-refractivity contribution in [2.75, 3.05) is 13.6 Å². The first-order valence-corrected chi connectivity index (χ1v) is 6.38. The van der Waals surface area contributed by atoms with Gasteiger partial charge in [-0.05, 0) is 25.5 Å². The molecule has 0 unspecified atom stereocenters. The van der Waals surface area contributed by atoms with Gasteiger partial charge in [-0.15, -0.1) is 0 Å². The number of hydrogen-bond acceptors (Lipinski definition) is 4. The molecular formula is C14H19N3O. The minimum Gasteiger partial charge on any atom is -0.339 e. The molecule has 0 radical (unpaired) electrons. The SMILES string of the molecule is CNCCc1noc(CCCc2ccccc2)n1. The summed E-state index contributed by atoms with van der Waals surface area (Å²) >= 11 is 0. The standard InChI is InChI=1S/C14H19N3O/c1-15-11-10-13-16-14(18-17-13)9-5-8-12-6-3-2-4-7-12/h2-4,6-7,15H,5,8-11H2,1H3. The first-order chi connectivity index (χ1) is 8.88. The molecule has 0 bridgehead atoms. The molecule has 1 heterocycles. The zero-order chi connectivity index (χ0) is 12.6. The smallest absolute Gasteiger partial charge is 0.226 e. The van der Waals surface area contributed by atoms with Gasteiger partial charge in [0.05, 0.1) is 0 Å². The van der Waals surface area contributed by atoms with E-state index in [0.29, 0.717) is 0 Å². The van der Waals surface area contributed by atoms with Crippen LogP contribution >= 0.6 is 0 Å². The maximum Gasteiger partial charge on any atom is 0.226 e. The predicted octanol–water partition coefficient (Wildman–Crippen LogP) is 2.01. The molecule has 0 aliphatic carbocycles. The third-order valence-corrected chi connectivity index (χ3v) is 2.81. The van der Waals surface area contributed by atoms with Gasteiger partial charge in [0.2, 0.25) is 5.89 Å². The van der Waals surface area contributed by atoms with E-state index in [4.69, 9.17) is 4.52 Å². The summed E-state index contributed by atoms with van der Waals surface area (Å²) in [5, 5.41) is 7.02. The molecule has 2 aromatic rings. The summed E-state index contributed by atoms with van der Waals surface area (Å²) in [6.07, 6.45) is 3.76. The fraction of sp³-hybridized carbons (Fsp3) is 0.429. The van der Waals surface area contributed by atoms with Gasteiger partial charge in [0.15, 0.2) is 5.82 Å². The Morgan fingerprint density at radius 2 is 1.94 bits per heavy atom. The lowest BCUT2D eigenvalue weighted by Gasteiger charge is -1.98. The number of aromatic nitrogens is 2. The summed E-state index contributed by atoms with van der Waals surface area (Å²) in [5.41, 5.74) is 1.35. The molecule has 1 aromatic carbocycles. The van der Waals surface area contributed by atoms with E-state index in [1.165, 1.54) is 5.56 Å². The molecule has 0 amide bonds. The minimum atomic E-state index is 0.747. The molecular weight excluding hydrogens is 226 g/mol. The largest absolute Gasteiger partial charge is 0.339 e. The second kappa shape index (κ2) is 6.91. The topological polar surface area (TPSA) is 51.0 Å². The highest BCUT2D eigenvalue weighted by atomic mass is 16.5. The van der Waals surface area contributed by atoms with Gasteiger partial charge >= 0.3 is 0 Å². The Kier molecular flexibility index (Phi) is 4.90. The number of rotatable bonds is 7. The van der Waals surface area contributed by atoms with Crippen molar-refractivity contribution >= 4 is 0 Å². The highest BCUT2D eigenvalue weighted by molar-refractivity contribution is 5.14. The molecule has 2 rings (SSSR count). The van der Waals surface area contributed by atoms with Crippen LogP contribution in [0.15, 0.2) is 34.9 Å². The summed E-state index contributed by atoms with van der Waals surface area (Å²) in [6, 6.07) is 10.5. The Bertz CT molecular complexity index is 453. The zero-order valence-corrected chi connectivity index (χ0v) is 10.7. The van der Waals surface area contributed by atoms with Crippen LogP contribution in [0.4, 0.5) is 0 Å². The third-order valence-electron chi connectivity index (χ3n) is 2.81. The van der Waals surface area contributed by atoms with E-state index in [2.05, 4.69) is 39.7 Å². The number of benzene rings is 1. The first-order valence-electron chi connectivity index (χ1n) is 6.38. The Labute approximate surface area is 107 Å². The van der Waals surface area contributed by atoms with Gasteiger partial charge < -0.3 is 9.84 Å². The van der Waals surface area contributed by atoms with Gasteiger partial charge in [-0.1, -0.05) is 35.5 Å². The molecule has 1 N–H and O–H groups in total. The lowest BCUT2D eigenvalue weighted by molar-refractivity contribution is 0.370. The fourth-order valence-corrected chi connectivity index (χ4v) is 1.82. The zero-order valence-electron chi connectivity index (χ0n) is 10.7. The Hall–Kier alpha value is -1.68. The Morgan fingerprint density at radius 1 is 1.11 bits per heavy atom. The average Bonchev–Trinajstić information content (AvgIpc) is 2.85. The molecule has 0 atom stereocenters. The van der Waals surface area contributed by atoms with E-state index in [-0.39, 0.29) is 0 Å². The molecule has 4 heteroatoms. The first kappa shape index (κ1) is 12.8. The van der Waals surface area contributed by atoms with Crippen LogP contribution in [0.25, 0.3) is 0 Å². The normalized spacial score (nSPS) is 10.7. The third kappa shape index (κ3) is 3.96. The second-order valence-electron chi connectivity index (χ2n) is 4.30. The van der Waals surface area contributed by atoms with Gasteiger partial charge in [0.1, 0.15) is 0 Å². The maximum atomic E-state index is 5.21. The van der Waals surface area contributed by atoms with Crippen molar-refractivity contribution in [2.24, 2.45) is 0 Å². The summed E-state index contributed by atoms with van der Waals surface area (Å²) in [5.74, 6) is 1.54. The van der Waals surface area contributed by atoms with Gasteiger partial charge in [-0.3, -0.25) is 0 Å². The van der Waals surface area contributed by atoms with Crippen LogP contribution < -0.4 is 5.32 Å². The van der Waals surface area contributed by atoms with E-state index in [1.54, 1.807) is 0 Å². The van der Waals surface area contributed by atoms with Crippen LogP contribution in [0.1, 0.15) is 23.7 Å². The van der Waals surface area contributed by atoms with Crippen molar-refractivity contribution < 1.29 is 4.52 Å². The van der Waals surface area contributed by atoms with E-state index in [0.717, 1.165) is 43.9 Å². The van der Waals surface area contributed by atoms with Crippen molar-refractivity contribution in [1.29, 1.82) is 0 Å². The minimum absolute atomic E-state index is 0.747. The van der Waals surface area contributed by atoms with Gasteiger partial charge in [-0.25, -0.2) is 0 Å². The van der Waals surface area contributed by atoms with Crippen LogP contribution in [0, 0.1) is 0 Å². The lowest BCUT2D eigenvalue weighted by atomic mass is 10.1. The van der Waals surface area contributed by atoms with Crippen LogP contribution in [0.2, 0.25) is 0 Å². The number of aryl methyl sites for hydroxylation is 2. The highest BCUT2D eigenvalue weighted by Gasteiger charge is 2.05. The van der Waals surface area contributed by atoms with Crippen molar-refractivity contribution in [3.8, 4) is 0 Å². The van der Waals surface area contributed by atoms with E-state index in [9.17, 15) is 0 Å². The molecule has 0 saturated heterocycles. The molecule has 0 saturated carbocycles. The second-order valence-corrected chi connectivity index (χ2v) is 4.30. The van der Waals surface area contributed by atoms with Crippen molar-refractivity contribution in [2.45, 2.75) is 25.7 Å². The molecule has 0 spiro atoms. The summed E-state index contributed by atoms with van der Waals surface area (Å²) in [4.78, 5) is 4.36. The monoisotopic (exact) mass is 245 g/mol. The molecule has 1 aromatic heterocycles. The summed E-state index contributed by atoms with van der Waals surface area (Å²) < 4.78 is 5.21. The summed E-state index contributed by atoms with van der Waals surface area (Å²) in [7, 11) is 1.92. The number of hydrogen-bond donors (Lipinski definition) is 1. The predicted molar refractivity (Wildman–Crippen MR) is 70.4 cm³/mol. The molecule has 96 valence electrons. The highest BCUT2D eigenvalue weighted by Crippen LogP contribution is 2.07. The molecule has 0 fully saturated rings. The van der Waals surface area contributed by atoms with Gasteiger partial charge in [0.25, 0.3) is 0 Å². The lowest BCUT2D eigenvalue weighted by Crippen LogP contribution is -2.11. The van der Waals surface area contributed by atoms with E-state index in [1.807, 2.05) is 13.1 Å². The van der Waals surface area contributed by atoms with Crippen LogP contribution in [0.5, 0.6) is 0 Å². The van der Waals surface area contributed by atoms with Crippen LogP contribution in [-0.2, 0) is 19.3 Å². The van der Waals surface area contributed by atoms with Gasteiger partial charge in [-0.2, -0.15) is 4.98 Å². The molecule has 4 nitrogen and oxygen atoms in total. The molecule has 18 heavy (non-hydrogen) atoms. The average molecular weight is 245 g/mol. The van der Waals surface area contributed by atoms with Crippen molar-refractivity contribution in [1.82, 2.24) is 15.5 Å². The van der Waals surface area contributed by atoms with Crippen LogP contribution in [-0.4, -0.2) is 23.7 Å². The van der Waals surface area contributed by atoms with Gasteiger partial charge in [0, 0.05) is 19.4 Å². The number of nitrogens with zero attached hydrogens (tertiary/aromatic N) is 2. The summed E-state index contributed by atoms with van der Waals surface area (Å²) in [6.45, 7) is 0.878. The van der Waals surface area contributed by atoms with Crippen LogP contribution in [0.3, 0.4) is 0 Å². The van der Waals surface area contributed by atoms with E-state index >= 15 is 0 Å². The fourth-order valence-electron chi connectivity index (χ4n) is 1.82. The number of likely N-dealkylation sites (N-methyl/N-ethyl adjacent to an activating group) is 1. The number of nitrogens with one attached hydrogen (secondary N) is 1. The molecule has 0 aliphatic rings. The van der Waals surface area contributed by atoms with Crippen molar-refractivity contribution in [3.63, 3.8) is 0 Å². The Morgan fingerprint density at radius 3 is 2.72 bits per heavy atom. The Balaban J connectivity index is 1.75.